The minimum absolute atomic E-state index is 0.0105. The number of carbonyl (C=O) groups is 3. The normalized spacial score (nSPS) is 20.7. The summed E-state index contributed by atoms with van der Waals surface area (Å²) in [5.41, 5.74) is 1.62. The quantitative estimate of drug-likeness (QED) is 0.878. The fourth-order valence-electron chi connectivity index (χ4n) is 4.20. The molecule has 2 aliphatic heterocycles. The highest BCUT2D eigenvalue weighted by Crippen LogP contribution is 2.22. The van der Waals surface area contributed by atoms with Gasteiger partial charge in [0, 0.05) is 48.8 Å². The number of aromatic amines is 1. The van der Waals surface area contributed by atoms with Crippen LogP contribution in [0.2, 0.25) is 0 Å². The van der Waals surface area contributed by atoms with Crippen LogP contribution >= 0.6 is 0 Å². The van der Waals surface area contributed by atoms with Gasteiger partial charge in [-0.3, -0.25) is 14.4 Å². The first-order valence-corrected chi connectivity index (χ1v) is 9.88. The van der Waals surface area contributed by atoms with E-state index in [4.69, 9.17) is 0 Å². The molecule has 7 nitrogen and oxygen atoms in total. The number of piperazine rings is 1. The molecule has 1 atom stereocenters. The van der Waals surface area contributed by atoms with E-state index in [0.29, 0.717) is 44.1 Å². The van der Waals surface area contributed by atoms with Crippen LogP contribution in [0, 0.1) is 5.92 Å². The van der Waals surface area contributed by atoms with E-state index < -0.39 is 6.04 Å². The number of H-pyrrole nitrogens is 1. The number of nitrogens with one attached hydrogen (secondary N) is 1. The standard InChI is InChI=1S/C21H26N4O3/c1-14(2)12-24-13-19(26)25-10-9-23(8-6-18(25)21(24)28)20(27)16-3-4-17-15(11-16)5-7-22-17/h3-5,7,11,14,18,22H,6,8-10,12-13H2,1-2H3. The number of nitrogens with zero attached hydrogens (tertiary/aromatic N) is 3. The van der Waals surface area contributed by atoms with Crippen molar-refractivity contribution >= 4 is 28.6 Å². The average molecular weight is 382 g/mol. The fourth-order valence-corrected chi connectivity index (χ4v) is 4.20. The molecule has 2 aliphatic rings. The molecule has 3 amide bonds. The molecular formula is C21H26N4O3. The molecule has 148 valence electrons. The molecule has 1 aromatic carbocycles. The van der Waals surface area contributed by atoms with Gasteiger partial charge in [-0.15, -0.1) is 0 Å². The summed E-state index contributed by atoms with van der Waals surface area (Å²) in [7, 11) is 0. The largest absolute Gasteiger partial charge is 0.361 e. The molecule has 0 saturated carbocycles. The summed E-state index contributed by atoms with van der Waals surface area (Å²) in [5.74, 6) is 0.252. The van der Waals surface area contributed by atoms with Crippen LogP contribution in [0.1, 0.15) is 30.6 Å². The molecule has 1 aromatic heterocycles. The van der Waals surface area contributed by atoms with E-state index >= 15 is 0 Å². The Balaban J connectivity index is 1.50. The first-order valence-electron chi connectivity index (χ1n) is 9.88. The summed E-state index contributed by atoms with van der Waals surface area (Å²) >= 11 is 0. The molecule has 7 heteroatoms. The molecule has 0 aliphatic carbocycles. The summed E-state index contributed by atoms with van der Waals surface area (Å²) < 4.78 is 0. The van der Waals surface area contributed by atoms with Gasteiger partial charge in [0.25, 0.3) is 5.91 Å². The molecule has 28 heavy (non-hydrogen) atoms. The smallest absolute Gasteiger partial charge is 0.253 e. The van der Waals surface area contributed by atoms with Crippen LogP contribution in [0.3, 0.4) is 0 Å². The van der Waals surface area contributed by atoms with Crippen molar-refractivity contribution in [2.45, 2.75) is 26.3 Å². The predicted octanol–water partition coefficient (Wildman–Crippen LogP) is 1.71. The van der Waals surface area contributed by atoms with Gasteiger partial charge in [0.05, 0.1) is 6.54 Å². The van der Waals surface area contributed by atoms with Crippen molar-refractivity contribution in [3.63, 3.8) is 0 Å². The number of hydrogen-bond acceptors (Lipinski definition) is 3. The monoisotopic (exact) mass is 382 g/mol. The van der Waals surface area contributed by atoms with Crippen molar-refractivity contribution in [3.05, 3.63) is 36.0 Å². The van der Waals surface area contributed by atoms with Crippen molar-refractivity contribution in [3.8, 4) is 0 Å². The van der Waals surface area contributed by atoms with Crippen LogP contribution in [0.4, 0.5) is 0 Å². The van der Waals surface area contributed by atoms with E-state index in [1.165, 1.54) is 0 Å². The highest BCUT2D eigenvalue weighted by Gasteiger charge is 2.41. The van der Waals surface area contributed by atoms with Gasteiger partial charge in [0.2, 0.25) is 11.8 Å². The molecule has 0 radical (unpaired) electrons. The van der Waals surface area contributed by atoms with Gasteiger partial charge < -0.3 is 19.7 Å². The molecule has 1 unspecified atom stereocenters. The van der Waals surface area contributed by atoms with Crippen LogP contribution in [0.15, 0.2) is 30.5 Å². The lowest BCUT2D eigenvalue weighted by atomic mass is 10.1. The van der Waals surface area contributed by atoms with E-state index in [2.05, 4.69) is 4.98 Å². The van der Waals surface area contributed by atoms with Crippen LogP contribution in [-0.2, 0) is 9.59 Å². The van der Waals surface area contributed by atoms with Crippen LogP contribution in [0.25, 0.3) is 10.9 Å². The second-order valence-corrected chi connectivity index (χ2v) is 8.08. The van der Waals surface area contributed by atoms with Crippen LogP contribution in [0.5, 0.6) is 0 Å². The summed E-state index contributed by atoms with van der Waals surface area (Å²) in [6, 6.07) is 7.09. The van der Waals surface area contributed by atoms with Crippen molar-refractivity contribution in [1.29, 1.82) is 0 Å². The lowest BCUT2D eigenvalue weighted by molar-refractivity contribution is -0.156. The van der Waals surface area contributed by atoms with Gasteiger partial charge in [0.1, 0.15) is 6.04 Å². The number of fused-ring (bicyclic) bond motifs is 2. The van der Waals surface area contributed by atoms with Crippen LogP contribution in [-0.4, -0.2) is 76.2 Å². The Morgan fingerprint density at radius 2 is 2.00 bits per heavy atom. The highest BCUT2D eigenvalue weighted by molar-refractivity contribution is 5.98. The fraction of sp³-hybridized carbons (Fsp3) is 0.476. The lowest BCUT2D eigenvalue weighted by Gasteiger charge is -2.39. The van der Waals surface area contributed by atoms with Gasteiger partial charge in [-0.1, -0.05) is 13.8 Å². The Labute approximate surface area is 164 Å². The first kappa shape index (κ1) is 18.5. The number of amides is 3. The zero-order valence-corrected chi connectivity index (χ0v) is 16.4. The zero-order chi connectivity index (χ0) is 19.8. The molecule has 4 rings (SSSR count). The number of aromatic nitrogens is 1. The van der Waals surface area contributed by atoms with E-state index in [0.717, 1.165) is 10.9 Å². The van der Waals surface area contributed by atoms with Gasteiger partial charge in [-0.25, -0.2) is 0 Å². The van der Waals surface area contributed by atoms with Crippen molar-refractivity contribution in [2.24, 2.45) is 5.92 Å². The molecular weight excluding hydrogens is 356 g/mol. The maximum Gasteiger partial charge on any atom is 0.253 e. The Morgan fingerprint density at radius 1 is 1.18 bits per heavy atom. The average Bonchev–Trinajstić information content (AvgIpc) is 3.01. The lowest BCUT2D eigenvalue weighted by Crippen LogP contribution is -2.60. The van der Waals surface area contributed by atoms with Crippen molar-refractivity contribution in [2.75, 3.05) is 32.7 Å². The Kier molecular flexibility index (Phi) is 4.83. The zero-order valence-electron chi connectivity index (χ0n) is 16.4. The molecule has 2 aromatic rings. The van der Waals surface area contributed by atoms with Gasteiger partial charge in [0.15, 0.2) is 0 Å². The minimum atomic E-state index is -0.454. The Hall–Kier alpha value is -2.83. The second-order valence-electron chi connectivity index (χ2n) is 8.08. The summed E-state index contributed by atoms with van der Waals surface area (Å²) in [6.07, 6.45) is 2.33. The number of carbonyl (C=O) groups excluding carboxylic acids is 3. The third-order valence-corrected chi connectivity index (χ3v) is 5.58. The summed E-state index contributed by atoms with van der Waals surface area (Å²) in [4.78, 5) is 46.7. The summed E-state index contributed by atoms with van der Waals surface area (Å²) in [6.45, 7) is 6.14. The second kappa shape index (κ2) is 7.30. The molecule has 0 bridgehead atoms. The molecule has 1 N–H and O–H groups in total. The number of benzene rings is 1. The predicted molar refractivity (Wildman–Crippen MR) is 106 cm³/mol. The molecule has 2 saturated heterocycles. The topological polar surface area (TPSA) is 76.7 Å². The van der Waals surface area contributed by atoms with E-state index in [1.54, 1.807) is 14.7 Å². The highest BCUT2D eigenvalue weighted by atomic mass is 16.2. The van der Waals surface area contributed by atoms with E-state index in [-0.39, 0.29) is 24.3 Å². The Morgan fingerprint density at radius 3 is 2.79 bits per heavy atom. The maximum atomic E-state index is 13.0. The SMILES string of the molecule is CC(C)CN1CC(=O)N2CCN(C(=O)c3ccc4[nH]ccc4c3)CCC2C1=O. The Bertz CT molecular complexity index is 919. The molecule has 2 fully saturated rings. The molecule has 0 spiro atoms. The molecule has 3 heterocycles. The number of hydrogen-bond donors (Lipinski definition) is 1. The van der Waals surface area contributed by atoms with Gasteiger partial charge >= 0.3 is 0 Å². The van der Waals surface area contributed by atoms with Gasteiger partial charge in [-0.2, -0.15) is 0 Å². The first-order chi connectivity index (χ1) is 13.4. The third kappa shape index (κ3) is 3.37. The number of rotatable bonds is 3. The van der Waals surface area contributed by atoms with Gasteiger partial charge in [-0.05, 0) is 36.6 Å². The third-order valence-electron chi connectivity index (χ3n) is 5.58. The van der Waals surface area contributed by atoms with Crippen molar-refractivity contribution in [1.82, 2.24) is 19.7 Å². The summed E-state index contributed by atoms with van der Waals surface area (Å²) in [5, 5.41) is 0.993. The van der Waals surface area contributed by atoms with Crippen molar-refractivity contribution < 1.29 is 14.4 Å². The minimum Gasteiger partial charge on any atom is -0.361 e. The van der Waals surface area contributed by atoms with E-state index in [9.17, 15) is 14.4 Å². The van der Waals surface area contributed by atoms with Crippen LogP contribution < -0.4 is 0 Å². The maximum absolute atomic E-state index is 13.0. The van der Waals surface area contributed by atoms with E-state index in [1.807, 2.05) is 44.3 Å².